The van der Waals surface area contributed by atoms with E-state index in [1.807, 2.05) is 18.3 Å². The summed E-state index contributed by atoms with van der Waals surface area (Å²) >= 11 is 0. The van der Waals surface area contributed by atoms with Gasteiger partial charge in [-0.25, -0.2) is 4.98 Å². The van der Waals surface area contributed by atoms with Gasteiger partial charge < -0.3 is 21.7 Å². The normalized spacial score (nSPS) is 13.1. The van der Waals surface area contributed by atoms with Gasteiger partial charge in [-0.05, 0) is 49.1 Å². The van der Waals surface area contributed by atoms with Crippen LogP contribution < -0.4 is 21.7 Å². The fraction of sp³-hybridized carbons (Fsp3) is 0.321. The third-order valence-electron chi connectivity index (χ3n) is 6.55. The highest BCUT2D eigenvalue weighted by Gasteiger charge is 2.24. The summed E-state index contributed by atoms with van der Waals surface area (Å²) in [6.45, 7) is 2.52. The molecule has 9 nitrogen and oxygen atoms in total. The number of hydrogen-bond acceptors (Lipinski definition) is 7. The zero-order valence-electron chi connectivity index (χ0n) is 20.7. The second-order valence-electron chi connectivity index (χ2n) is 9.40. The first kappa shape index (κ1) is 24.6. The zero-order valence-corrected chi connectivity index (χ0v) is 20.7. The van der Waals surface area contributed by atoms with Crippen LogP contribution in [0.4, 0.5) is 5.82 Å². The van der Waals surface area contributed by atoms with Crippen molar-refractivity contribution in [2.45, 2.75) is 38.1 Å². The Morgan fingerprint density at radius 3 is 2.65 bits per heavy atom. The number of hydrogen-bond donors (Lipinski definition) is 4. The molecule has 5 rings (SSSR count). The third-order valence-corrected chi connectivity index (χ3v) is 6.55. The molecule has 0 spiro atoms. The number of pyridine rings is 3. The van der Waals surface area contributed by atoms with E-state index in [0.717, 1.165) is 28.1 Å². The minimum absolute atomic E-state index is 0.0223. The third kappa shape index (κ3) is 6.18. The van der Waals surface area contributed by atoms with E-state index in [1.165, 1.54) is 18.5 Å². The second-order valence-corrected chi connectivity index (χ2v) is 9.40. The lowest BCUT2D eigenvalue weighted by atomic mass is 10.1. The van der Waals surface area contributed by atoms with Gasteiger partial charge in [0.05, 0.1) is 5.52 Å². The first-order valence-corrected chi connectivity index (χ1v) is 12.7. The number of nitrogens with zero attached hydrogens (tertiary/aromatic N) is 3. The van der Waals surface area contributed by atoms with Crippen LogP contribution in [-0.2, 0) is 11.3 Å². The van der Waals surface area contributed by atoms with Crippen molar-refractivity contribution in [2.24, 2.45) is 5.73 Å². The van der Waals surface area contributed by atoms with Gasteiger partial charge in [-0.15, -0.1) is 0 Å². The second kappa shape index (κ2) is 11.3. The van der Waals surface area contributed by atoms with E-state index in [9.17, 15) is 9.59 Å². The van der Waals surface area contributed by atoms with Crippen LogP contribution in [0.25, 0.3) is 21.7 Å². The molecule has 0 radical (unpaired) electrons. The van der Waals surface area contributed by atoms with Gasteiger partial charge >= 0.3 is 0 Å². The molecule has 3 aromatic heterocycles. The van der Waals surface area contributed by atoms with Gasteiger partial charge in [0.1, 0.15) is 5.82 Å². The predicted molar refractivity (Wildman–Crippen MR) is 144 cm³/mol. The van der Waals surface area contributed by atoms with Gasteiger partial charge in [0.2, 0.25) is 11.8 Å². The van der Waals surface area contributed by atoms with Gasteiger partial charge in [-0.2, -0.15) is 0 Å². The van der Waals surface area contributed by atoms with Crippen LogP contribution in [0.5, 0.6) is 0 Å². The summed E-state index contributed by atoms with van der Waals surface area (Å²) in [6, 6.07) is 11.4. The molecule has 3 heterocycles. The lowest BCUT2D eigenvalue weighted by molar-refractivity contribution is -0.121. The van der Waals surface area contributed by atoms with E-state index < -0.39 is 5.91 Å². The topological polar surface area (TPSA) is 135 Å². The number of primary amides is 1. The van der Waals surface area contributed by atoms with E-state index >= 15 is 0 Å². The smallest absolute Gasteiger partial charge is 0.248 e. The van der Waals surface area contributed by atoms with Crippen LogP contribution in [0.15, 0.2) is 55.0 Å². The summed E-state index contributed by atoms with van der Waals surface area (Å²) in [5.74, 6) is 0.906. The Kier molecular flexibility index (Phi) is 7.51. The summed E-state index contributed by atoms with van der Waals surface area (Å²) in [4.78, 5) is 37.3. The van der Waals surface area contributed by atoms with E-state index in [0.29, 0.717) is 55.4 Å². The number of amides is 2. The van der Waals surface area contributed by atoms with Crippen molar-refractivity contribution in [3.05, 3.63) is 71.8 Å². The van der Waals surface area contributed by atoms with Crippen molar-refractivity contribution in [3.63, 3.8) is 0 Å². The molecule has 0 atom stereocenters. The first-order valence-electron chi connectivity index (χ1n) is 12.7. The lowest BCUT2D eigenvalue weighted by Gasteiger charge is -2.12. The van der Waals surface area contributed by atoms with Gasteiger partial charge in [0.15, 0.2) is 0 Å². The van der Waals surface area contributed by atoms with Crippen LogP contribution in [-0.4, -0.2) is 46.4 Å². The zero-order chi connectivity index (χ0) is 25.6. The Hall–Kier alpha value is -4.11. The number of carbonyl (C=O) groups excluding carboxylic acids is 2. The summed E-state index contributed by atoms with van der Waals surface area (Å²) in [7, 11) is 0. The Morgan fingerprint density at radius 1 is 0.973 bits per heavy atom. The average molecular weight is 498 g/mol. The maximum atomic E-state index is 12.2. The van der Waals surface area contributed by atoms with E-state index in [2.05, 4.69) is 38.1 Å². The number of fused-ring (bicyclic) bond motifs is 3. The molecule has 1 aliphatic rings. The van der Waals surface area contributed by atoms with Crippen LogP contribution in [0, 0.1) is 0 Å². The minimum Gasteiger partial charge on any atom is -0.369 e. The highest BCUT2D eigenvalue weighted by Crippen LogP contribution is 2.38. The highest BCUT2D eigenvalue weighted by molar-refractivity contribution is 6.11. The Morgan fingerprint density at radius 2 is 1.86 bits per heavy atom. The maximum absolute atomic E-state index is 12.2. The molecule has 190 valence electrons. The van der Waals surface area contributed by atoms with Crippen LogP contribution in [0.1, 0.15) is 53.2 Å². The molecule has 1 saturated carbocycles. The molecular weight excluding hydrogens is 466 g/mol. The standard InChI is InChI=1S/C28H31N7O2/c29-27(37)20-5-6-21-23-17-31-12-8-22(23)28(35-25(21)14-20)33-11-1-10-32-26(36)9-13-30-15-18-2-7-24(34-16-18)19-3-4-19/h2,5-8,12,14,16-17,19,30H,1,3-4,9-11,13,15H2,(H2,29,37)(H,32,36)(H,33,35). The SMILES string of the molecule is NC(=O)c1ccc2c(c1)nc(NCCCNC(=O)CCNCc1ccc(C3CC3)nc1)c1ccncc12. The van der Waals surface area contributed by atoms with E-state index in [1.54, 1.807) is 24.5 Å². The molecule has 1 aromatic carbocycles. The molecule has 1 fully saturated rings. The molecule has 0 unspecified atom stereocenters. The van der Waals surface area contributed by atoms with Crippen molar-refractivity contribution in [2.75, 3.05) is 25.0 Å². The van der Waals surface area contributed by atoms with E-state index in [-0.39, 0.29) is 5.91 Å². The number of carbonyl (C=O) groups is 2. The summed E-state index contributed by atoms with van der Waals surface area (Å²) in [6.07, 6.45) is 9.12. The molecule has 37 heavy (non-hydrogen) atoms. The molecule has 0 aliphatic heterocycles. The Labute approximate surface area is 215 Å². The van der Waals surface area contributed by atoms with E-state index in [4.69, 9.17) is 10.7 Å². The lowest BCUT2D eigenvalue weighted by Crippen LogP contribution is -2.29. The fourth-order valence-corrected chi connectivity index (χ4v) is 4.34. The Bertz CT molecular complexity index is 1420. The van der Waals surface area contributed by atoms with Gasteiger partial charge in [0.25, 0.3) is 0 Å². The number of aromatic nitrogens is 3. The molecular formula is C28H31N7O2. The van der Waals surface area contributed by atoms with Crippen LogP contribution >= 0.6 is 0 Å². The number of nitrogens with one attached hydrogen (secondary N) is 3. The Balaban J connectivity index is 1.06. The van der Waals surface area contributed by atoms with Crippen molar-refractivity contribution in [1.29, 1.82) is 0 Å². The molecule has 0 saturated heterocycles. The quantitative estimate of drug-likeness (QED) is 0.174. The van der Waals surface area contributed by atoms with Gasteiger partial charge in [-0.1, -0.05) is 12.1 Å². The molecule has 1 aliphatic carbocycles. The van der Waals surface area contributed by atoms with Gasteiger partial charge in [0, 0.05) is 84.5 Å². The highest BCUT2D eigenvalue weighted by atomic mass is 16.1. The van der Waals surface area contributed by atoms with Crippen molar-refractivity contribution in [1.82, 2.24) is 25.6 Å². The molecule has 2 amide bonds. The van der Waals surface area contributed by atoms with Crippen molar-refractivity contribution < 1.29 is 9.59 Å². The summed E-state index contributed by atoms with van der Waals surface area (Å²) < 4.78 is 0. The van der Waals surface area contributed by atoms with Crippen LogP contribution in [0.2, 0.25) is 0 Å². The monoisotopic (exact) mass is 497 g/mol. The molecule has 9 heteroatoms. The first-order chi connectivity index (χ1) is 18.1. The van der Waals surface area contributed by atoms with Gasteiger partial charge in [-0.3, -0.25) is 19.6 Å². The number of anilines is 1. The molecule has 0 bridgehead atoms. The predicted octanol–water partition coefficient (Wildman–Crippen LogP) is 3.25. The van der Waals surface area contributed by atoms with Crippen molar-refractivity contribution >= 4 is 39.3 Å². The van der Waals surface area contributed by atoms with Crippen molar-refractivity contribution in [3.8, 4) is 0 Å². The minimum atomic E-state index is -0.491. The number of nitrogens with two attached hydrogens (primary N) is 1. The number of benzene rings is 1. The summed E-state index contributed by atoms with van der Waals surface area (Å²) in [5.41, 5.74) is 8.85. The molecule has 4 aromatic rings. The fourth-order valence-electron chi connectivity index (χ4n) is 4.34. The average Bonchev–Trinajstić information content (AvgIpc) is 3.76. The maximum Gasteiger partial charge on any atom is 0.248 e. The number of rotatable bonds is 12. The largest absolute Gasteiger partial charge is 0.369 e. The molecule has 5 N–H and O–H groups in total. The summed E-state index contributed by atoms with van der Waals surface area (Å²) in [5, 5.41) is 12.4. The van der Waals surface area contributed by atoms with Crippen LogP contribution in [0.3, 0.4) is 0 Å².